The number of carbonyl (C=O) groups excluding carboxylic acids is 1. The molecule has 2 unspecified atom stereocenters. The number of carbonyl (C=O) groups is 1. The van der Waals surface area contributed by atoms with E-state index in [1.807, 2.05) is 6.08 Å². The minimum absolute atomic E-state index is 0.0746. The molecular formula is C31H61NO3. The van der Waals surface area contributed by atoms with Crippen molar-refractivity contribution in [1.29, 1.82) is 0 Å². The lowest BCUT2D eigenvalue weighted by atomic mass is 10.0. The van der Waals surface area contributed by atoms with Gasteiger partial charge in [0.1, 0.15) is 0 Å². The van der Waals surface area contributed by atoms with Gasteiger partial charge in [-0.05, 0) is 12.8 Å². The summed E-state index contributed by atoms with van der Waals surface area (Å²) < 4.78 is 0. The topological polar surface area (TPSA) is 69.6 Å². The summed E-state index contributed by atoms with van der Waals surface area (Å²) in [4.78, 5) is 12.1. The van der Waals surface area contributed by atoms with E-state index in [4.69, 9.17) is 0 Å². The van der Waals surface area contributed by atoms with Crippen LogP contribution in [-0.2, 0) is 4.79 Å². The van der Waals surface area contributed by atoms with E-state index in [1.54, 1.807) is 6.08 Å². The second-order valence-electron chi connectivity index (χ2n) is 10.5. The highest BCUT2D eigenvalue weighted by Gasteiger charge is 2.17. The molecule has 4 nitrogen and oxygen atoms in total. The van der Waals surface area contributed by atoms with Gasteiger partial charge >= 0.3 is 0 Å². The molecule has 35 heavy (non-hydrogen) atoms. The normalized spacial score (nSPS) is 13.4. The van der Waals surface area contributed by atoms with E-state index < -0.39 is 12.1 Å². The number of aliphatic hydroxyl groups is 2. The van der Waals surface area contributed by atoms with Crippen LogP contribution < -0.4 is 5.32 Å². The lowest BCUT2D eigenvalue weighted by Crippen LogP contribution is -2.45. The number of unbranched alkanes of at least 4 members (excludes halogenated alkanes) is 20. The number of nitrogens with one attached hydrogen (secondary N) is 1. The van der Waals surface area contributed by atoms with E-state index >= 15 is 0 Å². The van der Waals surface area contributed by atoms with Crippen molar-refractivity contribution >= 4 is 5.91 Å². The van der Waals surface area contributed by atoms with Crippen LogP contribution in [0.3, 0.4) is 0 Å². The van der Waals surface area contributed by atoms with E-state index in [9.17, 15) is 15.0 Å². The van der Waals surface area contributed by atoms with Crippen LogP contribution in [0.25, 0.3) is 0 Å². The van der Waals surface area contributed by atoms with E-state index in [2.05, 4.69) is 19.2 Å². The maximum absolute atomic E-state index is 12.1. The van der Waals surface area contributed by atoms with Crippen LogP contribution >= 0.6 is 0 Å². The maximum atomic E-state index is 12.1. The third-order valence-corrected chi connectivity index (χ3v) is 7.00. The minimum atomic E-state index is -0.828. The van der Waals surface area contributed by atoms with Crippen LogP contribution in [0, 0.1) is 0 Å². The average Bonchev–Trinajstić information content (AvgIpc) is 2.86. The minimum Gasteiger partial charge on any atom is -0.394 e. The van der Waals surface area contributed by atoms with Gasteiger partial charge in [-0.15, -0.1) is 0 Å². The van der Waals surface area contributed by atoms with Crippen LogP contribution in [0.1, 0.15) is 162 Å². The van der Waals surface area contributed by atoms with Crippen molar-refractivity contribution in [3.05, 3.63) is 12.2 Å². The number of hydrogen-bond acceptors (Lipinski definition) is 3. The summed E-state index contributed by atoms with van der Waals surface area (Å²) in [6.07, 6.45) is 32.1. The highest BCUT2D eigenvalue weighted by atomic mass is 16.3. The van der Waals surface area contributed by atoms with Crippen molar-refractivity contribution in [3.8, 4) is 0 Å². The van der Waals surface area contributed by atoms with Gasteiger partial charge in [0, 0.05) is 6.42 Å². The average molecular weight is 496 g/mol. The standard InChI is InChI=1S/C31H61NO3/c1-3-5-7-8-9-10-11-12-13-14-15-16-17-18-19-20-21-22-23-25-27-31(35)32-29(28-33)30(34)26-24-6-4-2/h24,26,29-30,33-34H,3-23,25,27-28H2,1-2H3,(H,32,35)/b26-24+. The first-order valence-corrected chi connectivity index (χ1v) is 15.4. The van der Waals surface area contributed by atoms with Crippen molar-refractivity contribution < 1.29 is 15.0 Å². The van der Waals surface area contributed by atoms with Gasteiger partial charge in [0.2, 0.25) is 5.91 Å². The van der Waals surface area contributed by atoms with Crippen molar-refractivity contribution in [3.63, 3.8) is 0 Å². The Labute approximate surface area is 218 Å². The van der Waals surface area contributed by atoms with Gasteiger partial charge in [-0.1, -0.05) is 154 Å². The first-order chi connectivity index (χ1) is 17.2. The van der Waals surface area contributed by atoms with Crippen LogP contribution in [0.5, 0.6) is 0 Å². The van der Waals surface area contributed by atoms with Crippen LogP contribution in [0.15, 0.2) is 12.2 Å². The van der Waals surface area contributed by atoms with E-state index in [-0.39, 0.29) is 12.5 Å². The molecule has 0 saturated heterocycles. The summed E-state index contributed by atoms with van der Waals surface area (Å²) >= 11 is 0. The summed E-state index contributed by atoms with van der Waals surface area (Å²) in [6.45, 7) is 4.11. The van der Waals surface area contributed by atoms with Gasteiger partial charge in [0.05, 0.1) is 18.8 Å². The highest BCUT2D eigenvalue weighted by molar-refractivity contribution is 5.76. The molecule has 0 aliphatic heterocycles. The number of amides is 1. The Bertz CT molecular complexity index is 466. The summed E-state index contributed by atoms with van der Waals surface area (Å²) in [5.41, 5.74) is 0. The zero-order valence-electron chi connectivity index (χ0n) is 23.6. The molecule has 0 rings (SSSR count). The SMILES string of the molecule is CCC/C=C/C(O)C(CO)NC(=O)CCCCCCCCCCCCCCCCCCCCCC. The van der Waals surface area contributed by atoms with Gasteiger partial charge < -0.3 is 15.5 Å². The molecule has 0 bridgehead atoms. The number of hydrogen-bond donors (Lipinski definition) is 3. The van der Waals surface area contributed by atoms with Crippen LogP contribution in [-0.4, -0.2) is 34.9 Å². The largest absolute Gasteiger partial charge is 0.394 e. The van der Waals surface area contributed by atoms with Crippen molar-refractivity contribution in [2.24, 2.45) is 0 Å². The Hall–Kier alpha value is -0.870. The molecule has 1 amide bonds. The van der Waals surface area contributed by atoms with E-state index in [0.29, 0.717) is 6.42 Å². The number of rotatable bonds is 27. The molecular weight excluding hydrogens is 434 g/mol. The fraction of sp³-hybridized carbons (Fsp3) is 0.903. The monoisotopic (exact) mass is 495 g/mol. The molecule has 2 atom stereocenters. The fourth-order valence-corrected chi connectivity index (χ4v) is 4.60. The third-order valence-electron chi connectivity index (χ3n) is 7.00. The van der Waals surface area contributed by atoms with E-state index in [1.165, 1.54) is 116 Å². The molecule has 0 aromatic rings. The number of allylic oxidation sites excluding steroid dienone is 1. The Morgan fingerprint density at radius 1 is 0.657 bits per heavy atom. The second kappa shape index (κ2) is 27.7. The van der Waals surface area contributed by atoms with Crippen molar-refractivity contribution in [2.45, 2.75) is 174 Å². The van der Waals surface area contributed by atoms with Gasteiger partial charge in [0.15, 0.2) is 0 Å². The molecule has 4 heteroatoms. The second-order valence-corrected chi connectivity index (χ2v) is 10.5. The van der Waals surface area contributed by atoms with Crippen molar-refractivity contribution in [2.75, 3.05) is 6.61 Å². The molecule has 0 saturated carbocycles. The molecule has 3 N–H and O–H groups in total. The molecule has 0 aromatic carbocycles. The molecule has 0 aliphatic rings. The first kappa shape index (κ1) is 34.1. The molecule has 208 valence electrons. The lowest BCUT2D eigenvalue weighted by molar-refractivity contribution is -0.123. The zero-order chi connectivity index (χ0) is 25.8. The van der Waals surface area contributed by atoms with Gasteiger partial charge in [-0.2, -0.15) is 0 Å². The Kier molecular flexibility index (Phi) is 27.0. The maximum Gasteiger partial charge on any atom is 0.220 e. The summed E-state index contributed by atoms with van der Waals surface area (Å²) in [5.74, 6) is -0.0746. The van der Waals surface area contributed by atoms with Gasteiger partial charge in [0.25, 0.3) is 0 Å². The van der Waals surface area contributed by atoms with Crippen molar-refractivity contribution in [1.82, 2.24) is 5.32 Å². The fourth-order valence-electron chi connectivity index (χ4n) is 4.60. The Balaban J connectivity index is 3.38. The summed E-state index contributed by atoms with van der Waals surface area (Å²) in [6, 6.07) is -0.610. The van der Waals surface area contributed by atoms with Crippen LogP contribution in [0.4, 0.5) is 0 Å². The molecule has 0 aromatic heterocycles. The first-order valence-electron chi connectivity index (χ1n) is 15.4. The molecule has 0 aliphatic carbocycles. The molecule has 0 fully saturated rings. The number of aliphatic hydroxyl groups excluding tert-OH is 2. The van der Waals surface area contributed by atoms with Gasteiger partial charge in [-0.25, -0.2) is 0 Å². The zero-order valence-corrected chi connectivity index (χ0v) is 23.6. The quantitative estimate of drug-likeness (QED) is 0.0791. The molecule has 0 spiro atoms. The smallest absolute Gasteiger partial charge is 0.220 e. The van der Waals surface area contributed by atoms with Crippen LogP contribution in [0.2, 0.25) is 0 Å². The predicted octanol–water partition coefficient (Wildman–Crippen LogP) is 8.39. The molecule has 0 radical (unpaired) electrons. The summed E-state index contributed by atoms with van der Waals surface area (Å²) in [5, 5.41) is 22.3. The lowest BCUT2D eigenvalue weighted by Gasteiger charge is -2.19. The molecule has 0 heterocycles. The summed E-state index contributed by atoms with van der Waals surface area (Å²) in [7, 11) is 0. The Morgan fingerprint density at radius 2 is 1.06 bits per heavy atom. The third kappa shape index (κ3) is 24.6. The predicted molar refractivity (Wildman–Crippen MR) is 152 cm³/mol. The highest BCUT2D eigenvalue weighted by Crippen LogP contribution is 2.15. The Morgan fingerprint density at radius 3 is 1.43 bits per heavy atom. The van der Waals surface area contributed by atoms with Gasteiger partial charge in [-0.3, -0.25) is 4.79 Å². The van der Waals surface area contributed by atoms with E-state index in [0.717, 1.165) is 25.7 Å².